The second kappa shape index (κ2) is 7.05. The summed E-state index contributed by atoms with van der Waals surface area (Å²) in [7, 11) is 1.77. The minimum atomic E-state index is -0.633. The van der Waals surface area contributed by atoms with Crippen LogP contribution >= 0.6 is 0 Å². The first-order valence-corrected chi connectivity index (χ1v) is 9.80. The molecule has 0 atom stereocenters. The highest BCUT2D eigenvalue weighted by atomic mass is 16.3. The molecule has 1 aliphatic carbocycles. The number of pyridine rings is 2. The smallest absolute Gasteiger partial charge is 0.252 e. The molecule has 1 aliphatic rings. The van der Waals surface area contributed by atoms with Crippen molar-refractivity contribution in [1.29, 1.82) is 0 Å². The number of nitrogens with one attached hydrogen (secondary N) is 1. The van der Waals surface area contributed by atoms with E-state index in [1.54, 1.807) is 36.4 Å². The van der Waals surface area contributed by atoms with Crippen molar-refractivity contribution in [3.63, 3.8) is 0 Å². The minimum absolute atomic E-state index is 0.0580. The molecule has 148 valence electrons. The van der Waals surface area contributed by atoms with E-state index in [2.05, 4.69) is 15.3 Å². The van der Waals surface area contributed by atoms with Gasteiger partial charge in [0.25, 0.3) is 5.56 Å². The zero-order valence-electron chi connectivity index (χ0n) is 16.6. The maximum absolute atomic E-state index is 12.4. The Kier molecular flexibility index (Phi) is 4.71. The first-order valence-electron chi connectivity index (χ1n) is 9.80. The summed E-state index contributed by atoms with van der Waals surface area (Å²) >= 11 is 0. The van der Waals surface area contributed by atoms with E-state index in [1.165, 1.54) is 0 Å². The van der Waals surface area contributed by atoms with Gasteiger partial charge in [0, 0.05) is 42.6 Å². The van der Waals surface area contributed by atoms with Crippen LogP contribution < -0.4 is 10.9 Å². The Morgan fingerprint density at radius 3 is 2.61 bits per heavy atom. The number of aliphatic hydroxyl groups is 1. The molecule has 3 aromatic rings. The van der Waals surface area contributed by atoms with Crippen LogP contribution in [0.5, 0.6) is 0 Å². The molecule has 0 bridgehead atoms. The maximum Gasteiger partial charge on any atom is 0.252 e. The normalized spacial score (nSPS) is 20.4. The molecule has 1 saturated carbocycles. The second-order valence-electron chi connectivity index (χ2n) is 8.33. The largest absolute Gasteiger partial charge is 0.390 e. The summed E-state index contributed by atoms with van der Waals surface area (Å²) in [6.45, 7) is 3.79. The Bertz CT molecular complexity index is 1030. The summed E-state index contributed by atoms with van der Waals surface area (Å²) in [5, 5.41) is 14.8. The van der Waals surface area contributed by atoms with Crippen molar-refractivity contribution < 1.29 is 5.11 Å². The van der Waals surface area contributed by atoms with Gasteiger partial charge in [-0.05, 0) is 51.5 Å². The van der Waals surface area contributed by atoms with Crippen LogP contribution in [0.4, 0.5) is 5.69 Å². The molecular weight excluding hydrogens is 354 g/mol. The Morgan fingerprint density at radius 1 is 1.21 bits per heavy atom. The summed E-state index contributed by atoms with van der Waals surface area (Å²) in [5.41, 5.74) is 0.945. The third-order valence-corrected chi connectivity index (χ3v) is 5.97. The highest BCUT2D eigenvalue weighted by molar-refractivity contribution is 5.92. The summed E-state index contributed by atoms with van der Waals surface area (Å²) in [4.78, 5) is 21.0. The van der Waals surface area contributed by atoms with Gasteiger partial charge >= 0.3 is 0 Å². The van der Waals surface area contributed by atoms with Crippen molar-refractivity contribution in [3.8, 4) is 5.82 Å². The number of hydrogen-bond acceptors (Lipinski definition) is 5. The first kappa shape index (κ1) is 18.7. The van der Waals surface area contributed by atoms with Crippen LogP contribution in [0, 0.1) is 5.92 Å². The van der Waals surface area contributed by atoms with Crippen molar-refractivity contribution in [2.24, 2.45) is 13.0 Å². The van der Waals surface area contributed by atoms with Gasteiger partial charge in [-0.15, -0.1) is 0 Å². The zero-order valence-corrected chi connectivity index (χ0v) is 16.6. The molecular formula is C21H27N5O2. The van der Waals surface area contributed by atoms with E-state index in [9.17, 15) is 9.90 Å². The maximum atomic E-state index is 12.4. The number of aryl methyl sites for hydroxylation is 1. The molecule has 0 unspecified atom stereocenters. The topological polar surface area (TPSA) is 85.0 Å². The van der Waals surface area contributed by atoms with E-state index >= 15 is 0 Å². The number of fused-ring (bicyclic) bond motifs is 1. The number of nitrogens with zero attached hydrogens (tertiary/aromatic N) is 4. The van der Waals surface area contributed by atoms with E-state index in [4.69, 9.17) is 0 Å². The van der Waals surface area contributed by atoms with Gasteiger partial charge < -0.3 is 15.0 Å². The van der Waals surface area contributed by atoms with Gasteiger partial charge in [-0.3, -0.25) is 9.36 Å². The molecule has 0 aliphatic heterocycles. The van der Waals surface area contributed by atoms with Gasteiger partial charge in [-0.25, -0.2) is 9.97 Å². The Hall–Kier alpha value is -2.67. The Balaban J connectivity index is 1.66. The number of anilines is 1. The van der Waals surface area contributed by atoms with Crippen molar-refractivity contribution in [3.05, 3.63) is 47.4 Å². The molecule has 3 heterocycles. The van der Waals surface area contributed by atoms with Crippen LogP contribution in [-0.2, 0) is 7.05 Å². The van der Waals surface area contributed by atoms with Gasteiger partial charge in [0.1, 0.15) is 12.1 Å². The van der Waals surface area contributed by atoms with Crippen molar-refractivity contribution in [2.45, 2.75) is 51.2 Å². The molecule has 7 nitrogen and oxygen atoms in total. The fraction of sp³-hybridized carbons (Fsp3) is 0.476. The average molecular weight is 381 g/mol. The van der Waals surface area contributed by atoms with Crippen LogP contribution in [0.3, 0.4) is 0 Å². The molecule has 0 spiro atoms. The fourth-order valence-corrected chi connectivity index (χ4v) is 4.16. The molecule has 7 heteroatoms. The quantitative estimate of drug-likeness (QED) is 0.726. The molecule has 0 aromatic carbocycles. The lowest BCUT2D eigenvalue weighted by molar-refractivity contribution is -0.000387. The molecule has 28 heavy (non-hydrogen) atoms. The fourth-order valence-electron chi connectivity index (χ4n) is 4.16. The standard InChI is InChI=1S/C21H27N5O2/c1-21(2,28)14-4-6-15(7-5-14)24-17-11-20(27)25(3)18-12-23-19(10-16(17)18)26-9-8-22-13-26/h8-15,24,28H,4-7H2,1-3H3. The lowest BCUT2D eigenvalue weighted by atomic mass is 9.77. The summed E-state index contributed by atoms with van der Waals surface area (Å²) in [6, 6.07) is 3.95. The van der Waals surface area contributed by atoms with E-state index < -0.39 is 5.60 Å². The summed E-state index contributed by atoms with van der Waals surface area (Å²) < 4.78 is 3.47. The van der Waals surface area contributed by atoms with Crippen LogP contribution in [-0.4, -0.2) is 35.9 Å². The monoisotopic (exact) mass is 381 g/mol. The molecule has 4 rings (SSSR count). The lowest BCUT2D eigenvalue weighted by Gasteiger charge is -2.36. The summed E-state index contributed by atoms with van der Waals surface area (Å²) in [5.74, 6) is 1.08. The molecule has 0 saturated heterocycles. The van der Waals surface area contributed by atoms with Crippen LogP contribution in [0.2, 0.25) is 0 Å². The highest BCUT2D eigenvalue weighted by Crippen LogP contribution is 2.34. The van der Waals surface area contributed by atoms with Crippen LogP contribution in [0.1, 0.15) is 39.5 Å². The van der Waals surface area contributed by atoms with Gasteiger partial charge in [-0.2, -0.15) is 0 Å². The Morgan fingerprint density at radius 2 is 1.96 bits per heavy atom. The molecule has 0 amide bonds. The molecule has 0 radical (unpaired) electrons. The molecule has 3 aromatic heterocycles. The van der Waals surface area contributed by atoms with Gasteiger partial charge in [-0.1, -0.05) is 0 Å². The van der Waals surface area contributed by atoms with E-state index in [0.717, 1.165) is 48.1 Å². The Labute approximate surface area is 164 Å². The van der Waals surface area contributed by atoms with E-state index in [1.807, 2.05) is 30.7 Å². The van der Waals surface area contributed by atoms with Crippen LogP contribution in [0.25, 0.3) is 16.7 Å². The van der Waals surface area contributed by atoms with Crippen molar-refractivity contribution in [1.82, 2.24) is 19.1 Å². The SMILES string of the molecule is Cn1c(=O)cc(NC2CCC(C(C)(C)O)CC2)c2cc(-n3ccnc3)ncc21. The van der Waals surface area contributed by atoms with Gasteiger partial charge in [0.2, 0.25) is 0 Å². The van der Waals surface area contributed by atoms with Gasteiger partial charge in [0.15, 0.2) is 0 Å². The number of aromatic nitrogens is 4. The van der Waals surface area contributed by atoms with E-state index in [-0.39, 0.29) is 5.56 Å². The van der Waals surface area contributed by atoms with Crippen molar-refractivity contribution in [2.75, 3.05) is 5.32 Å². The first-order chi connectivity index (χ1) is 13.3. The number of imidazole rings is 1. The zero-order chi connectivity index (χ0) is 19.9. The summed E-state index contributed by atoms with van der Waals surface area (Å²) in [6.07, 6.45) is 10.9. The molecule has 2 N–H and O–H groups in total. The predicted octanol–water partition coefficient (Wildman–Crippen LogP) is 2.86. The predicted molar refractivity (Wildman–Crippen MR) is 110 cm³/mol. The third-order valence-electron chi connectivity index (χ3n) is 5.97. The highest BCUT2D eigenvalue weighted by Gasteiger charge is 2.31. The number of hydrogen-bond donors (Lipinski definition) is 2. The van der Waals surface area contributed by atoms with Gasteiger partial charge in [0.05, 0.1) is 17.3 Å². The number of rotatable bonds is 4. The third kappa shape index (κ3) is 3.54. The average Bonchev–Trinajstić information content (AvgIpc) is 3.20. The van der Waals surface area contributed by atoms with Crippen molar-refractivity contribution >= 4 is 16.6 Å². The minimum Gasteiger partial charge on any atom is -0.390 e. The van der Waals surface area contributed by atoms with Crippen LogP contribution in [0.15, 0.2) is 41.8 Å². The van der Waals surface area contributed by atoms with E-state index in [0.29, 0.717) is 12.0 Å². The molecule has 1 fully saturated rings. The second-order valence-corrected chi connectivity index (χ2v) is 8.33. The lowest BCUT2D eigenvalue weighted by Crippen LogP contribution is -2.37.